The molecular weight excluding hydrogens is 318 g/mol. The van der Waals surface area contributed by atoms with Crippen LogP contribution in [-0.4, -0.2) is 46.7 Å². The molecule has 2 N–H and O–H groups in total. The minimum atomic E-state index is -0.243. The van der Waals surface area contributed by atoms with Crippen LogP contribution in [0.25, 0.3) is 0 Å². The standard InChI is InChI=1S/C19H23N3O3/c1-2-25-17-7-4-9-20-18(17)21-19(24)15-6-3-5-14(11-15)12-22-10-8-16(23)13-22/h3-7,9,11,16,23H,2,8,10,12-13H2,1H3,(H,20,21,24)/t16-/m0/s1. The predicted octanol–water partition coefficient (Wildman–Crippen LogP) is 2.30. The van der Waals surface area contributed by atoms with Crippen molar-refractivity contribution in [1.82, 2.24) is 9.88 Å². The zero-order chi connectivity index (χ0) is 17.6. The highest BCUT2D eigenvalue weighted by molar-refractivity contribution is 6.04. The molecule has 1 aliphatic rings. The van der Waals surface area contributed by atoms with Crippen LogP contribution in [0.3, 0.4) is 0 Å². The molecule has 2 aromatic rings. The lowest BCUT2D eigenvalue weighted by Crippen LogP contribution is -2.22. The largest absolute Gasteiger partial charge is 0.490 e. The lowest BCUT2D eigenvalue weighted by Gasteiger charge is -2.15. The lowest BCUT2D eigenvalue weighted by atomic mass is 10.1. The third kappa shape index (κ3) is 4.55. The highest BCUT2D eigenvalue weighted by Gasteiger charge is 2.20. The molecule has 0 radical (unpaired) electrons. The summed E-state index contributed by atoms with van der Waals surface area (Å²) in [7, 11) is 0. The molecule has 1 aromatic heterocycles. The number of β-amino-alcohol motifs (C(OH)–C–C–N with tert-alkyl or cyclic N) is 1. The SMILES string of the molecule is CCOc1cccnc1NC(=O)c1cccc(CN2CC[C@H](O)C2)c1. The maximum atomic E-state index is 12.6. The number of rotatable bonds is 6. The van der Waals surface area contributed by atoms with Crippen molar-refractivity contribution in [3.8, 4) is 5.75 Å². The number of pyridine rings is 1. The van der Waals surface area contributed by atoms with Crippen LogP contribution < -0.4 is 10.1 Å². The Morgan fingerprint density at radius 1 is 1.40 bits per heavy atom. The number of amides is 1. The van der Waals surface area contributed by atoms with Gasteiger partial charge in [0.2, 0.25) is 0 Å². The van der Waals surface area contributed by atoms with Crippen LogP contribution in [0.1, 0.15) is 29.3 Å². The number of hydrogen-bond acceptors (Lipinski definition) is 5. The number of aliphatic hydroxyl groups is 1. The van der Waals surface area contributed by atoms with E-state index in [0.29, 0.717) is 30.3 Å². The normalized spacial score (nSPS) is 17.4. The zero-order valence-electron chi connectivity index (χ0n) is 14.3. The Morgan fingerprint density at radius 2 is 2.28 bits per heavy atom. The molecule has 1 atom stereocenters. The van der Waals surface area contributed by atoms with E-state index in [9.17, 15) is 9.90 Å². The fraction of sp³-hybridized carbons (Fsp3) is 0.368. The molecule has 0 spiro atoms. The van der Waals surface area contributed by atoms with Gasteiger partial charge in [-0.05, 0) is 43.2 Å². The van der Waals surface area contributed by atoms with Gasteiger partial charge in [-0.2, -0.15) is 0 Å². The fourth-order valence-electron chi connectivity index (χ4n) is 2.96. The van der Waals surface area contributed by atoms with Crippen molar-refractivity contribution in [3.63, 3.8) is 0 Å². The first-order valence-electron chi connectivity index (χ1n) is 8.54. The molecule has 2 heterocycles. The number of likely N-dealkylation sites (tertiary alicyclic amines) is 1. The van der Waals surface area contributed by atoms with Gasteiger partial charge in [0, 0.05) is 31.4 Å². The third-order valence-electron chi connectivity index (χ3n) is 4.15. The zero-order valence-corrected chi connectivity index (χ0v) is 14.3. The van der Waals surface area contributed by atoms with Crippen molar-refractivity contribution in [2.75, 3.05) is 25.0 Å². The van der Waals surface area contributed by atoms with Gasteiger partial charge in [-0.3, -0.25) is 9.69 Å². The van der Waals surface area contributed by atoms with Crippen LogP contribution in [-0.2, 0) is 6.54 Å². The number of hydrogen-bond donors (Lipinski definition) is 2. The second-order valence-corrected chi connectivity index (χ2v) is 6.12. The van der Waals surface area contributed by atoms with E-state index in [1.54, 1.807) is 24.4 Å². The molecule has 1 aliphatic heterocycles. The minimum Gasteiger partial charge on any atom is -0.490 e. The van der Waals surface area contributed by atoms with Crippen LogP contribution in [0.2, 0.25) is 0 Å². The number of benzene rings is 1. The molecule has 3 rings (SSSR count). The van der Waals surface area contributed by atoms with Crippen LogP contribution in [0, 0.1) is 0 Å². The van der Waals surface area contributed by atoms with Crippen molar-refractivity contribution >= 4 is 11.7 Å². The molecule has 25 heavy (non-hydrogen) atoms. The monoisotopic (exact) mass is 341 g/mol. The first-order valence-corrected chi connectivity index (χ1v) is 8.54. The summed E-state index contributed by atoms with van der Waals surface area (Å²) in [4.78, 5) is 18.9. The Bertz CT molecular complexity index is 735. The molecule has 0 unspecified atom stereocenters. The summed E-state index contributed by atoms with van der Waals surface area (Å²) in [5, 5.41) is 12.4. The van der Waals surface area contributed by atoms with Crippen molar-refractivity contribution in [2.45, 2.75) is 26.0 Å². The average Bonchev–Trinajstić information content (AvgIpc) is 3.02. The van der Waals surface area contributed by atoms with Gasteiger partial charge in [0.1, 0.15) is 0 Å². The van der Waals surface area contributed by atoms with Crippen LogP contribution in [0.15, 0.2) is 42.6 Å². The van der Waals surface area contributed by atoms with E-state index in [1.165, 1.54) is 0 Å². The summed E-state index contributed by atoms with van der Waals surface area (Å²) >= 11 is 0. The molecule has 132 valence electrons. The number of aromatic nitrogens is 1. The van der Waals surface area contributed by atoms with Gasteiger partial charge in [-0.1, -0.05) is 12.1 Å². The summed E-state index contributed by atoms with van der Waals surface area (Å²) in [6.07, 6.45) is 2.18. The molecule has 1 aromatic carbocycles. The molecule has 1 amide bonds. The summed E-state index contributed by atoms with van der Waals surface area (Å²) in [5.74, 6) is 0.755. The summed E-state index contributed by atoms with van der Waals surface area (Å²) in [6.45, 7) is 4.68. The number of nitrogens with zero attached hydrogens (tertiary/aromatic N) is 2. The Labute approximate surface area is 147 Å². The van der Waals surface area contributed by atoms with Crippen molar-refractivity contribution in [3.05, 3.63) is 53.7 Å². The summed E-state index contributed by atoms with van der Waals surface area (Å²) in [6, 6.07) is 11.1. The number of anilines is 1. The maximum Gasteiger partial charge on any atom is 0.256 e. The van der Waals surface area contributed by atoms with E-state index < -0.39 is 0 Å². The number of carbonyl (C=O) groups is 1. The van der Waals surface area contributed by atoms with Gasteiger partial charge < -0.3 is 15.2 Å². The second kappa shape index (κ2) is 8.09. The van der Waals surface area contributed by atoms with Gasteiger partial charge >= 0.3 is 0 Å². The van der Waals surface area contributed by atoms with Crippen molar-refractivity contribution < 1.29 is 14.6 Å². The number of nitrogens with one attached hydrogen (secondary N) is 1. The van der Waals surface area contributed by atoms with Crippen LogP contribution >= 0.6 is 0 Å². The molecule has 0 bridgehead atoms. The van der Waals surface area contributed by atoms with Crippen molar-refractivity contribution in [2.24, 2.45) is 0 Å². The Balaban J connectivity index is 1.69. The number of aliphatic hydroxyl groups excluding tert-OH is 1. The average molecular weight is 341 g/mol. The highest BCUT2D eigenvalue weighted by Crippen LogP contribution is 2.22. The van der Waals surface area contributed by atoms with Gasteiger partial charge in [0.25, 0.3) is 5.91 Å². The fourth-order valence-corrected chi connectivity index (χ4v) is 2.96. The van der Waals surface area contributed by atoms with E-state index in [1.807, 2.05) is 25.1 Å². The van der Waals surface area contributed by atoms with E-state index in [-0.39, 0.29) is 12.0 Å². The molecular formula is C19H23N3O3. The van der Waals surface area contributed by atoms with Gasteiger partial charge in [0.15, 0.2) is 11.6 Å². The highest BCUT2D eigenvalue weighted by atomic mass is 16.5. The van der Waals surface area contributed by atoms with E-state index >= 15 is 0 Å². The second-order valence-electron chi connectivity index (χ2n) is 6.12. The molecule has 6 nitrogen and oxygen atoms in total. The Morgan fingerprint density at radius 3 is 3.04 bits per heavy atom. The smallest absolute Gasteiger partial charge is 0.256 e. The van der Waals surface area contributed by atoms with E-state index in [4.69, 9.17) is 4.74 Å². The quantitative estimate of drug-likeness (QED) is 0.843. The van der Waals surface area contributed by atoms with Crippen LogP contribution in [0.4, 0.5) is 5.82 Å². The molecule has 1 fully saturated rings. The Hall–Kier alpha value is -2.44. The number of ether oxygens (including phenoxy) is 1. The summed E-state index contributed by atoms with van der Waals surface area (Å²) in [5.41, 5.74) is 1.62. The van der Waals surface area contributed by atoms with Gasteiger partial charge in [0.05, 0.1) is 12.7 Å². The molecule has 0 saturated carbocycles. The van der Waals surface area contributed by atoms with Gasteiger partial charge in [-0.15, -0.1) is 0 Å². The van der Waals surface area contributed by atoms with E-state index in [0.717, 1.165) is 25.1 Å². The lowest BCUT2D eigenvalue weighted by molar-refractivity contribution is 0.102. The number of carbonyl (C=O) groups excluding carboxylic acids is 1. The molecule has 0 aliphatic carbocycles. The first kappa shape index (κ1) is 17.4. The third-order valence-corrected chi connectivity index (χ3v) is 4.15. The minimum absolute atomic E-state index is 0.219. The molecule has 1 saturated heterocycles. The molecule has 6 heteroatoms. The van der Waals surface area contributed by atoms with E-state index in [2.05, 4.69) is 15.2 Å². The Kier molecular flexibility index (Phi) is 5.63. The predicted molar refractivity (Wildman–Crippen MR) is 95.7 cm³/mol. The topological polar surface area (TPSA) is 74.7 Å². The summed E-state index contributed by atoms with van der Waals surface area (Å²) < 4.78 is 5.49. The first-order chi connectivity index (χ1) is 12.2. The van der Waals surface area contributed by atoms with Crippen molar-refractivity contribution in [1.29, 1.82) is 0 Å². The van der Waals surface area contributed by atoms with Crippen LogP contribution in [0.5, 0.6) is 5.75 Å². The maximum absolute atomic E-state index is 12.6. The van der Waals surface area contributed by atoms with Gasteiger partial charge in [-0.25, -0.2) is 4.98 Å².